The molecule has 1 aliphatic rings. The smallest absolute Gasteiger partial charge is 0.0130 e. The molecule has 1 N–H and O–H groups in total. The van der Waals surface area contributed by atoms with Crippen LogP contribution < -0.4 is 5.32 Å². The van der Waals surface area contributed by atoms with Crippen LogP contribution in [0.3, 0.4) is 0 Å². The Morgan fingerprint density at radius 2 is 2.45 bits per heavy atom. The molecule has 11 heavy (non-hydrogen) atoms. The average Bonchev–Trinajstić information content (AvgIpc) is 2.09. The van der Waals surface area contributed by atoms with Crippen molar-refractivity contribution in [3.05, 3.63) is 12.7 Å². The summed E-state index contributed by atoms with van der Waals surface area (Å²) in [5, 5.41) is 3.55. The van der Waals surface area contributed by atoms with E-state index in [1.165, 1.54) is 32.2 Å². The Balaban J connectivity index is 2.35. The van der Waals surface area contributed by atoms with Crippen molar-refractivity contribution in [2.24, 2.45) is 5.92 Å². The molecule has 0 aliphatic carbocycles. The molecule has 1 rings (SSSR count). The van der Waals surface area contributed by atoms with Crippen molar-refractivity contribution >= 4 is 0 Å². The van der Waals surface area contributed by atoms with Crippen LogP contribution in [0.1, 0.15) is 32.6 Å². The van der Waals surface area contributed by atoms with Gasteiger partial charge in [0.15, 0.2) is 0 Å². The molecule has 1 heteroatoms. The molecule has 0 radical (unpaired) electrons. The van der Waals surface area contributed by atoms with Gasteiger partial charge in [-0.15, -0.1) is 6.58 Å². The minimum absolute atomic E-state index is 0.690. The Labute approximate surface area is 69.9 Å². The highest BCUT2D eigenvalue weighted by molar-refractivity contribution is 4.89. The molecule has 0 bridgehead atoms. The van der Waals surface area contributed by atoms with Crippen LogP contribution >= 0.6 is 0 Å². The van der Waals surface area contributed by atoms with Crippen LogP contribution in [0.15, 0.2) is 12.7 Å². The number of hydrogen-bond acceptors (Lipinski definition) is 1. The van der Waals surface area contributed by atoms with Gasteiger partial charge in [0, 0.05) is 6.04 Å². The van der Waals surface area contributed by atoms with E-state index >= 15 is 0 Å². The summed E-state index contributed by atoms with van der Waals surface area (Å²) in [6, 6.07) is 0.714. The molecule has 0 saturated carbocycles. The SMILES string of the molecule is C=C[C@H](CC)C1CCCCN1. The standard InChI is InChI=1S/C10H19N/c1-3-9(4-2)10-7-5-6-8-11-10/h3,9-11H,1,4-8H2,2H3/t9-,10?/m1/s1. The Morgan fingerprint density at radius 3 is 2.91 bits per heavy atom. The first-order valence-electron chi connectivity index (χ1n) is 4.74. The molecule has 0 spiro atoms. The molecular weight excluding hydrogens is 134 g/mol. The zero-order valence-corrected chi connectivity index (χ0v) is 7.47. The van der Waals surface area contributed by atoms with Gasteiger partial charge in [-0.1, -0.05) is 19.4 Å². The molecule has 1 saturated heterocycles. The first-order chi connectivity index (χ1) is 5.38. The Morgan fingerprint density at radius 1 is 1.64 bits per heavy atom. The van der Waals surface area contributed by atoms with Gasteiger partial charge in [0.05, 0.1) is 0 Å². The summed E-state index contributed by atoms with van der Waals surface area (Å²) in [5.74, 6) is 0.690. The van der Waals surface area contributed by atoms with E-state index in [1.54, 1.807) is 0 Å². The van der Waals surface area contributed by atoms with Gasteiger partial charge in [-0.2, -0.15) is 0 Å². The van der Waals surface area contributed by atoms with Crippen molar-refractivity contribution in [1.82, 2.24) is 5.32 Å². The van der Waals surface area contributed by atoms with Crippen LogP contribution in [-0.2, 0) is 0 Å². The van der Waals surface area contributed by atoms with E-state index in [0.29, 0.717) is 12.0 Å². The summed E-state index contributed by atoms with van der Waals surface area (Å²) in [5.41, 5.74) is 0. The first-order valence-corrected chi connectivity index (χ1v) is 4.74. The van der Waals surface area contributed by atoms with E-state index in [9.17, 15) is 0 Å². The fraction of sp³-hybridized carbons (Fsp3) is 0.800. The average molecular weight is 153 g/mol. The molecule has 0 aromatic heterocycles. The number of piperidine rings is 1. The summed E-state index contributed by atoms with van der Waals surface area (Å²) < 4.78 is 0. The van der Waals surface area contributed by atoms with Gasteiger partial charge in [-0.3, -0.25) is 0 Å². The fourth-order valence-corrected chi connectivity index (χ4v) is 1.86. The molecular formula is C10H19N. The number of nitrogens with one attached hydrogen (secondary N) is 1. The van der Waals surface area contributed by atoms with Gasteiger partial charge >= 0.3 is 0 Å². The van der Waals surface area contributed by atoms with Crippen LogP contribution in [-0.4, -0.2) is 12.6 Å². The van der Waals surface area contributed by atoms with E-state index in [0.717, 1.165) is 0 Å². The second kappa shape index (κ2) is 4.55. The topological polar surface area (TPSA) is 12.0 Å². The molecule has 0 aromatic rings. The first kappa shape index (κ1) is 8.79. The van der Waals surface area contributed by atoms with Crippen molar-refractivity contribution < 1.29 is 0 Å². The normalized spacial score (nSPS) is 27.9. The van der Waals surface area contributed by atoms with E-state index in [2.05, 4.69) is 24.9 Å². The molecule has 2 atom stereocenters. The number of hydrogen-bond donors (Lipinski definition) is 1. The summed E-state index contributed by atoms with van der Waals surface area (Å²) in [6.45, 7) is 7.31. The largest absolute Gasteiger partial charge is 0.313 e. The maximum absolute atomic E-state index is 3.87. The Bertz CT molecular complexity index is 114. The van der Waals surface area contributed by atoms with Crippen molar-refractivity contribution in [3.8, 4) is 0 Å². The van der Waals surface area contributed by atoms with Crippen molar-refractivity contribution in [3.63, 3.8) is 0 Å². The van der Waals surface area contributed by atoms with Crippen LogP contribution in [0.25, 0.3) is 0 Å². The third-order valence-corrected chi connectivity index (χ3v) is 2.64. The summed E-state index contributed by atoms with van der Waals surface area (Å²) in [4.78, 5) is 0. The molecule has 0 amide bonds. The predicted octanol–water partition coefficient (Wildman–Crippen LogP) is 2.34. The lowest BCUT2D eigenvalue weighted by Crippen LogP contribution is -2.38. The lowest BCUT2D eigenvalue weighted by atomic mass is 9.90. The third-order valence-electron chi connectivity index (χ3n) is 2.64. The highest BCUT2D eigenvalue weighted by atomic mass is 14.9. The fourth-order valence-electron chi connectivity index (χ4n) is 1.86. The zero-order chi connectivity index (χ0) is 8.10. The van der Waals surface area contributed by atoms with E-state index in [4.69, 9.17) is 0 Å². The molecule has 1 nitrogen and oxygen atoms in total. The second-order valence-corrected chi connectivity index (χ2v) is 3.36. The molecule has 0 aromatic carbocycles. The van der Waals surface area contributed by atoms with Crippen LogP contribution in [0, 0.1) is 5.92 Å². The highest BCUT2D eigenvalue weighted by Gasteiger charge is 2.18. The van der Waals surface area contributed by atoms with Gasteiger partial charge < -0.3 is 5.32 Å². The van der Waals surface area contributed by atoms with Crippen LogP contribution in [0.2, 0.25) is 0 Å². The van der Waals surface area contributed by atoms with Gasteiger partial charge in [-0.25, -0.2) is 0 Å². The van der Waals surface area contributed by atoms with Gasteiger partial charge in [-0.05, 0) is 31.7 Å². The highest BCUT2D eigenvalue weighted by Crippen LogP contribution is 2.18. The van der Waals surface area contributed by atoms with Gasteiger partial charge in [0.25, 0.3) is 0 Å². The zero-order valence-electron chi connectivity index (χ0n) is 7.47. The summed E-state index contributed by atoms with van der Waals surface area (Å²) >= 11 is 0. The van der Waals surface area contributed by atoms with E-state index < -0.39 is 0 Å². The Kier molecular flexibility index (Phi) is 3.64. The lowest BCUT2D eigenvalue weighted by molar-refractivity contribution is 0.327. The monoisotopic (exact) mass is 153 g/mol. The van der Waals surface area contributed by atoms with Gasteiger partial charge in [0.1, 0.15) is 0 Å². The number of rotatable bonds is 3. The van der Waals surface area contributed by atoms with Gasteiger partial charge in [0.2, 0.25) is 0 Å². The third kappa shape index (κ3) is 2.33. The minimum atomic E-state index is 0.690. The van der Waals surface area contributed by atoms with E-state index in [-0.39, 0.29) is 0 Å². The maximum atomic E-state index is 3.87. The quantitative estimate of drug-likeness (QED) is 0.614. The van der Waals surface area contributed by atoms with Crippen LogP contribution in [0.5, 0.6) is 0 Å². The maximum Gasteiger partial charge on any atom is 0.0130 e. The molecule has 1 aliphatic heterocycles. The second-order valence-electron chi connectivity index (χ2n) is 3.36. The summed E-state index contributed by atoms with van der Waals surface area (Å²) in [7, 11) is 0. The molecule has 1 fully saturated rings. The predicted molar refractivity (Wildman–Crippen MR) is 49.6 cm³/mol. The van der Waals surface area contributed by atoms with Crippen molar-refractivity contribution in [1.29, 1.82) is 0 Å². The van der Waals surface area contributed by atoms with E-state index in [1.807, 2.05) is 0 Å². The minimum Gasteiger partial charge on any atom is -0.313 e. The van der Waals surface area contributed by atoms with Crippen LogP contribution in [0.4, 0.5) is 0 Å². The molecule has 64 valence electrons. The van der Waals surface area contributed by atoms with Crippen molar-refractivity contribution in [2.75, 3.05) is 6.54 Å². The Hall–Kier alpha value is -0.300. The summed E-state index contributed by atoms with van der Waals surface area (Å²) in [6.07, 6.45) is 7.40. The molecule has 1 unspecified atom stereocenters. The lowest BCUT2D eigenvalue weighted by Gasteiger charge is -2.28. The molecule has 1 heterocycles. The van der Waals surface area contributed by atoms with Crippen molar-refractivity contribution in [2.45, 2.75) is 38.6 Å².